The molecule has 8 nitrogen and oxygen atoms in total. The summed E-state index contributed by atoms with van der Waals surface area (Å²) >= 11 is 0. The lowest BCUT2D eigenvalue weighted by molar-refractivity contribution is 0.0955. The van der Waals surface area contributed by atoms with Crippen molar-refractivity contribution < 1.29 is 18.3 Å². The molecular formula is C20H18F2N6O2. The largest absolute Gasteiger partial charge is 0.496 e. The van der Waals surface area contributed by atoms with Crippen LogP contribution < -0.4 is 10.1 Å². The highest BCUT2D eigenvalue weighted by atomic mass is 19.3. The fourth-order valence-electron chi connectivity index (χ4n) is 3.12. The summed E-state index contributed by atoms with van der Waals surface area (Å²) < 4.78 is 33.7. The van der Waals surface area contributed by atoms with E-state index in [0.717, 1.165) is 10.2 Å². The summed E-state index contributed by atoms with van der Waals surface area (Å²) in [5, 5.41) is 6.72. The molecule has 0 unspecified atom stereocenters. The molecule has 0 aliphatic rings. The minimum Gasteiger partial charge on any atom is -0.496 e. The number of amides is 1. The number of benzene rings is 1. The van der Waals surface area contributed by atoms with Gasteiger partial charge in [0.1, 0.15) is 17.0 Å². The number of nitrogens with one attached hydrogen (secondary N) is 2. The molecule has 3 heterocycles. The molecule has 0 saturated heterocycles. The maximum atomic E-state index is 13.7. The second kappa shape index (κ2) is 8.27. The Hall–Kier alpha value is -3.82. The van der Waals surface area contributed by atoms with E-state index < -0.39 is 12.3 Å². The van der Waals surface area contributed by atoms with E-state index in [4.69, 9.17) is 4.74 Å². The summed E-state index contributed by atoms with van der Waals surface area (Å²) in [6.07, 6.45) is 2.20. The zero-order chi connectivity index (χ0) is 21.1. The predicted octanol–water partition coefficient (Wildman–Crippen LogP) is 3.04. The number of aromatic nitrogens is 5. The van der Waals surface area contributed by atoms with Gasteiger partial charge in [0.05, 0.1) is 25.3 Å². The maximum absolute atomic E-state index is 13.7. The van der Waals surface area contributed by atoms with Crippen molar-refractivity contribution in [3.63, 3.8) is 0 Å². The Kier molecular flexibility index (Phi) is 5.38. The number of aromatic amines is 1. The molecule has 3 aromatic heterocycles. The van der Waals surface area contributed by atoms with Crippen molar-refractivity contribution in [1.29, 1.82) is 0 Å². The summed E-state index contributed by atoms with van der Waals surface area (Å²) in [6.45, 7) is 0.340. The van der Waals surface area contributed by atoms with Crippen LogP contribution in [-0.2, 0) is 6.42 Å². The first-order chi connectivity index (χ1) is 14.6. The Morgan fingerprint density at radius 1 is 1.30 bits per heavy atom. The second-order valence-electron chi connectivity index (χ2n) is 6.44. The van der Waals surface area contributed by atoms with Gasteiger partial charge in [0.2, 0.25) is 0 Å². The molecule has 1 amide bonds. The van der Waals surface area contributed by atoms with E-state index in [-0.39, 0.29) is 22.6 Å². The molecule has 0 fully saturated rings. The van der Waals surface area contributed by atoms with Gasteiger partial charge in [0, 0.05) is 30.4 Å². The summed E-state index contributed by atoms with van der Waals surface area (Å²) in [4.78, 5) is 24.0. The number of imidazole rings is 1. The predicted molar refractivity (Wildman–Crippen MR) is 105 cm³/mol. The van der Waals surface area contributed by atoms with Crippen molar-refractivity contribution in [3.05, 3.63) is 66.0 Å². The number of hydrogen-bond donors (Lipinski definition) is 2. The first-order valence-electron chi connectivity index (χ1n) is 9.14. The number of methoxy groups -OCH3 is 1. The first kappa shape index (κ1) is 19.5. The lowest BCUT2D eigenvalue weighted by Crippen LogP contribution is -2.25. The summed E-state index contributed by atoms with van der Waals surface area (Å²) in [5.74, 6) is 0.0362. The molecule has 4 aromatic rings. The zero-order valence-electron chi connectivity index (χ0n) is 16.0. The van der Waals surface area contributed by atoms with Gasteiger partial charge in [0.15, 0.2) is 5.65 Å². The average Bonchev–Trinajstić information content (AvgIpc) is 3.42. The van der Waals surface area contributed by atoms with Crippen molar-refractivity contribution in [2.24, 2.45) is 0 Å². The smallest absolute Gasteiger partial charge is 0.280 e. The number of hydrogen-bond acceptors (Lipinski definition) is 5. The number of rotatable bonds is 7. The van der Waals surface area contributed by atoms with Crippen LogP contribution in [0.15, 0.2) is 49.1 Å². The van der Waals surface area contributed by atoms with Crippen LogP contribution in [0, 0.1) is 0 Å². The van der Waals surface area contributed by atoms with Crippen LogP contribution in [0.2, 0.25) is 0 Å². The Morgan fingerprint density at radius 3 is 2.87 bits per heavy atom. The number of H-pyrrole nitrogens is 1. The summed E-state index contributed by atoms with van der Waals surface area (Å²) in [5.41, 5.74) is 1.47. The molecule has 0 bridgehead atoms. The van der Waals surface area contributed by atoms with E-state index in [1.54, 1.807) is 36.8 Å². The van der Waals surface area contributed by atoms with Gasteiger partial charge in [-0.05, 0) is 18.2 Å². The molecule has 30 heavy (non-hydrogen) atoms. The lowest BCUT2D eigenvalue weighted by atomic mass is 10.1. The molecule has 154 valence electrons. The van der Waals surface area contributed by atoms with Crippen LogP contribution in [0.25, 0.3) is 16.9 Å². The molecule has 0 atom stereocenters. The fraction of sp³-hybridized carbons (Fsp3) is 0.200. The molecule has 4 rings (SSSR count). The highest BCUT2D eigenvalue weighted by molar-refractivity contribution is 6.00. The molecule has 0 spiro atoms. The minimum absolute atomic E-state index is 0.0488. The third-order valence-electron chi connectivity index (χ3n) is 4.59. The van der Waals surface area contributed by atoms with Crippen molar-refractivity contribution in [2.45, 2.75) is 12.8 Å². The lowest BCUT2D eigenvalue weighted by Gasteiger charge is -2.11. The molecule has 0 saturated carbocycles. The van der Waals surface area contributed by atoms with Gasteiger partial charge < -0.3 is 15.0 Å². The van der Waals surface area contributed by atoms with Gasteiger partial charge in [-0.3, -0.25) is 4.79 Å². The highest BCUT2D eigenvalue weighted by Gasteiger charge is 2.22. The number of carbonyl (C=O) groups is 1. The van der Waals surface area contributed by atoms with Crippen LogP contribution in [0.1, 0.15) is 28.2 Å². The van der Waals surface area contributed by atoms with E-state index in [1.807, 2.05) is 0 Å². The van der Waals surface area contributed by atoms with Crippen LogP contribution in [0.4, 0.5) is 8.78 Å². The standard InChI is InChI=1S/C20H18F2N6O2/c1-30-17-5-3-2-4-13(17)15-8-16(18(21)22)28-19(27-15)14(10-26-28)20(29)24-7-6-12-9-23-11-25-12/h2-5,8-11,18H,6-7H2,1H3,(H,23,25)(H,24,29). The monoisotopic (exact) mass is 412 g/mol. The topological polar surface area (TPSA) is 97.2 Å². The number of ether oxygens (including phenoxy) is 1. The number of fused-ring (bicyclic) bond motifs is 1. The normalized spacial score (nSPS) is 11.2. The first-order valence-corrected chi connectivity index (χ1v) is 9.14. The molecule has 0 radical (unpaired) electrons. The quantitative estimate of drug-likeness (QED) is 0.486. The van der Waals surface area contributed by atoms with E-state index >= 15 is 0 Å². The van der Waals surface area contributed by atoms with E-state index in [0.29, 0.717) is 24.3 Å². The van der Waals surface area contributed by atoms with Gasteiger partial charge in [-0.1, -0.05) is 12.1 Å². The molecule has 1 aromatic carbocycles. The third-order valence-corrected chi connectivity index (χ3v) is 4.59. The van der Waals surface area contributed by atoms with Gasteiger partial charge in [0.25, 0.3) is 12.3 Å². The van der Waals surface area contributed by atoms with Crippen LogP contribution >= 0.6 is 0 Å². The van der Waals surface area contributed by atoms with Gasteiger partial charge in [-0.15, -0.1) is 0 Å². The Bertz CT molecular complexity index is 1170. The number of halogens is 2. The van der Waals surface area contributed by atoms with Crippen molar-refractivity contribution >= 4 is 11.6 Å². The minimum atomic E-state index is -2.81. The van der Waals surface area contributed by atoms with Crippen molar-refractivity contribution in [2.75, 3.05) is 13.7 Å². The SMILES string of the molecule is COc1ccccc1-c1cc(C(F)F)n2ncc(C(=O)NCCc3cnc[nH]3)c2n1. The Labute approximate surface area is 169 Å². The van der Waals surface area contributed by atoms with Crippen molar-refractivity contribution in [3.8, 4) is 17.0 Å². The van der Waals surface area contributed by atoms with E-state index in [1.165, 1.54) is 19.4 Å². The Balaban J connectivity index is 1.71. The summed E-state index contributed by atoms with van der Waals surface area (Å²) in [6, 6.07) is 8.20. The molecular weight excluding hydrogens is 394 g/mol. The second-order valence-corrected chi connectivity index (χ2v) is 6.44. The summed E-state index contributed by atoms with van der Waals surface area (Å²) in [7, 11) is 1.49. The third kappa shape index (κ3) is 3.71. The van der Waals surface area contributed by atoms with Gasteiger partial charge in [-0.25, -0.2) is 23.3 Å². The average molecular weight is 412 g/mol. The van der Waals surface area contributed by atoms with Crippen LogP contribution in [0.3, 0.4) is 0 Å². The number of para-hydroxylation sites is 1. The number of alkyl halides is 2. The Morgan fingerprint density at radius 2 is 2.13 bits per heavy atom. The van der Waals surface area contributed by atoms with Gasteiger partial charge >= 0.3 is 0 Å². The van der Waals surface area contributed by atoms with Gasteiger partial charge in [-0.2, -0.15) is 5.10 Å². The maximum Gasteiger partial charge on any atom is 0.280 e. The highest BCUT2D eigenvalue weighted by Crippen LogP contribution is 2.32. The molecule has 0 aliphatic carbocycles. The molecule has 2 N–H and O–H groups in total. The molecule has 10 heteroatoms. The number of carbonyl (C=O) groups excluding carboxylic acids is 1. The van der Waals surface area contributed by atoms with E-state index in [2.05, 4.69) is 25.4 Å². The fourth-order valence-corrected chi connectivity index (χ4v) is 3.12. The molecule has 0 aliphatic heterocycles. The van der Waals surface area contributed by atoms with Crippen LogP contribution in [-0.4, -0.2) is 44.1 Å². The number of nitrogens with zero attached hydrogens (tertiary/aromatic N) is 4. The zero-order valence-corrected chi connectivity index (χ0v) is 16.0. The van der Waals surface area contributed by atoms with Crippen LogP contribution in [0.5, 0.6) is 5.75 Å². The van der Waals surface area contributed by atoms with Crippen molar-refractivity contribution in [1.82, 2.24) is 29.9 Å². The van der Waals surface area contributed by atoms with E-state index in [9.17, 15) is 13.6 Å².